The van der Waals surface area contributed by atoms with Crippen molar-refractivity contribution in [3.05, 3.63) is 72.8 Å². The minimum Gasteiger partial charge on any atom is -0.357 e. The van der Waals surface area contributed by atoms with Gasteiger partial charge in [-0.2, -0.15) is 5.10 Å². The van der Waals surface area contributed by atoms with E-state index in [0.717, 1.165) is 37.0 Å². The molecule has 0 amide bonds. The summed E-state index contributed by atoms with van der Waals surface area (Å²) in [6.45, 7) is 5.80. The molecular formula is C23H29IN6S. The average molecular weight is 548 g/mol. The number of nitrogens with zero attached hydrogens (tertiary/aromatic N) is 5. The molecule has 4 rings (SSSR count). The Morgan fingerprint density at radius 3 is 2.68 bits per heavy atom. The Bertz CT molecular complexity index is 930. The van der Waals surface area contributed by atoms with E-state index >= 15 is 0 Å². The van der Waals surface area contributed by atoms with E-state index in [4.69, 9.17) is 4.99 Å². The smallest absolute Gasteiger partial charge is 0.194 e. The van der Waals surface area contributed by atoms with E-state index in [1.165, 1.54) is 16.9 Å². The summed E-state index contributed by atoms with van der Waals surface area (Å²) in [5.74, 6) is 2.87. The van der Waals surface area contributed by atoms with Crippen molar-refractivity contribution in [1.82, 2.24) is 25.0 Å². The highest BCUT2D eigenvalue weighted by Crippen LogP contribution is 2.26. The van der Waals surface area contributed by atoms with E-state index in [-0.39, 0.29) is 24.0 Å². The zero-order chi connectivity index (χ0) is 20.6. The van der Waals surface area contributed by atoms with Crippen molar-refractivity contribution in [2.45, 2.75) is 24.8 Å². The number of nitrogens with one attached hydrogen (secondary N) is 1. The number of halogens is 1. The fourth-order valence-electron chi connectivity index (χ4n) is 3.58. The molecule has 6 nitrogen and oxygen atoms in total. The van der Waals surface area contributed by atoms with E-state index in [2.05, 4.69) is 81.8 Å². The largest absolute Gasteiger partial charge is 0.357 e. The molecule has 2 aromatic carbocycles. The van der Waals surface area contributed by atoms with Gasteiger partial charge in [0.25, 0.3) is 0 Å². The van der Waals surface area contributed by atoms with Crippen molar-refractivity contribution < 1.29 is 0 Å². The number of aliphatic imine (C=N–C) groups is 1. The van der Waals surface area contributed by atoms with Crippen LogP contribution in [0, 0.1) is 5.92 Å². The molecule has 0 saturated carbocycles. The van der Waals surface area contributed by atoms with Crippen molar-refractivity contribution in [1.29, 1.82) is 0 Å². The highest BCUT2D eigenvalue weighted by molar-refractivity contribution is 14.0. The molecule has 0 spiro atoms. The van der Waals surface area contributed by atoms with Crippen molar-refractivity contribution >= 4 is 41.7 Å². The van der Waals surface area contributed by atoms with Crippen molar-refractivity contribution in [2.75, 3.05) is 25.4 Å². The fraction of sp³-hybridized carbons (Fsp3) is 0.348. The monoisotopic (exact) mass is 548 g/mol. The van der Waals surface area contributed by atoms with Gasteiger partial charge in [-0.05, 0) is 49.1 Å². The van der Waals surface area contributed by atoms with Crippen LogP contribution in [0.15, 0.2) is 77.1 Å². The van der Waals surface area contributed by atoms with Crippen LogP contribution < -0.4 is 5.32 Å². The van der Waals surface area contributed by atoms with Crippen LogP contribution in [0.25, 0.3) is 5.69 Å². The Kier molecular flexibility index (Phi) is 9.20. The fourth-order valence-corrected chi connectivity index (χ4v) is 4.63. The van der Waals surface area contributed by atoms with Gasteiger partial charge in [0.05, 0.1) is 12.2 Å². The van der Waals surface area contributed by atoms with Crippen LogP contribution in [0.5, 0.6) is 0 Å². The molecule has 1 N–H and O–H groups in total. The first kappa shape index (κ1) is 23.6. The Hall–Kier alpha value is -2.07. The van der Waals surface area contributed by atoms with Gasteiger partial charge >= 0.3 is 0 Å². The van der Waals surface area contributed by atoms with E-state index in [1.807, 2.05) is 11.8 Å². The molecular weight excluding hydrogens is 519 g/mol. The summed E-state index contributed by atoms with van der Waals surface area (Å²) in [4.78, 5) is 12.7. The lowest BCUT2D eigenvalue weighted by Gasteiger charge is -2.21. The van der Waals surface area contributed by atoms with Crippen LogP contribution in [-0.2, 0) is 6.54 Å². The molecule has 1 saturated heterocycles. The first-order valence-corrected chi connectivity index (χ1v) is 11.5. The van der Waals surface area contributed by atoms with Gasteiger partial charge in [-0.3, -0.25) is 0 Å². The van der Waals surface area contributed by atoms with E-state index in [1.54, 1.807) is 17.3 Å². The number of likely N-dealkylation sites (tertiary alicyclic amines) is 1. The minimum atomic E-state index is 0. The summed E-state index contributed by atoms with van der Waals surface area (Å²) in [6, 6.07) is 19.0. The summed E-state index contributed by atoms with van der Waals surface area (Å²) >= 11 is 1.96. The van der Waals surface area contributed by atoms with Crippen LogP contribution in [0.3, 0.4) is 0 Å². The summed E-state index contributed by atoms with van der Waals surface area (Å²) in [7, 11) is 0. The highest BCUT2D eigenvalue weighted by atomic mass is 127. The van der Waals surface area contributed by atoms with E-state index in [9.17, 15) is 0 Å². The third-order valence-corrected chi connectivity index (χ3v) is 6.42. The second kappa shape index (κ2) is 12.1. The van der Waals surface area contributed by atoms with Crippen LogP contribution >= 0.6 is 35.7 Å². The van der Waals surface area contributed by atoms with Crippen LogP contribution in [0.1, 0.15) is 18.9 Å². The summed E-state index contributed by atoms with van der Waals surface area (Å²) < 4.78 is 1.76. The standard InChI is InChI=1S/C23H28N6S.HI/c1-2-25-23(26-14-19-8-10-21(11-9-19)29-18-24-17-27-29)28-13-12-20(15-28)16-30-22-6-4-3-5-7-22;/h3-11,17-18,20H,2,12-16H2,1H3,(H,25,26);1H. The Morgan fingerprint density at radius 1 is 1.16 bits per heavy atom. The maximum absolute atomic E-state index is 4.90. The third-order valence-electron chi connectivity index (χ3n) is 5.18. The maximum Gasteiger partial charge on any atom is 0.194 e. The number of guanidine groups is 1. The molecule has 3 aromatic rings. The van der Waals surface area contributed by atoms with Gasteiger partial charge < -0.3 is 10.2 Å². The van der Waals surface area contributed by atoms with Gasteiger partial charge in [0.15, 0.2) is 5.96 Å². The zero-order valence-electron chi connectivity index (χ0n) is 17.7. The Morgan fingerprint density at radius 2 is 1.97 bits per heavy atom. The quantitative estimate of drug-likeness (QED) is 0.205. The van der Waals surface area contributed by atoms with Crippen LogP contribution in [0.2, 0.25) is 0 Å². The van der Waals surface area contributed by atoms with Gasteiger partial charge in [-0.15, -0.1) is 35.7 Å². The number of hydrogen-bond acceptors (Lipinski definition) is 4. The van der Waals surface area contributed by atoms with Gasteiger partial charge in [-0.25, -0.2) is 14.7 Å². The molecule has 1 atom stereocenters. The molecule has 0 aliphatic carbocycles. The molecule has 31 heavy (non-hydrogen) atoms. The Labute approximate surface area is 205 Å². The molecule has 1 aliphatic rings. The topological polar surface area (TPSA) is 58.3 Å². The second-order valence-electron chi connectivity index (χ2n) is 7.40. The first-order chi connectivity index (χ1) is 14.8. The predicted octanol–water partition coefficient (Wildman–Crippen LogP) is 4.47. The lowest BCUT2D eigenvalue weighted by Crippen LogP contribution is -2.40. The third kappa shape index (κ3) is 6.70. The lowest BCUT2D eigenvalue weighted by molar-refractivity contribution is 0.474. The molecule has 0 radical (unpaired) electrons. The van der Waals surface area contributed by atoms with Crippen LogP contribution in [0.4, 0.5) is 0 Å². The maximum atomic E-state index is 4.90. The van der Waals surface area contributed by atoms with Gasteiger partial charge in [0, 0.05) is 30.3 Å². The first-order valence-electron chi connectivity index (χ1n) is 10.5. The van der Waals surface area contributed by atoms with E-state index < -0.39 is 0 Å². The average Bonchev–Trinajstić information content (AvgIpc) is 3.49. The summed E-state index contributed by atoms with van der Waals surface area (Å²) in [5, 5.41) is 7.64. The highest BCUT2D eigenvalue weighted by Gasteiger charge is 2.24. The lowest BCUT2D eigenvalue weighted by atomic mass is 10.2. The molecule has 1 aliphatic heterocycles. The number of aromatic nitrogens is 3. The normalized spacial score (nSPS) is 16.2. The molecule has 8 heteroatoms. The molecule has 164 valence electrons. The molecule has 1 unspecified atom stereocenters. The van der Waals surface area contributed by atoms with Crippen molar-refractivity contribution in [2.24, 2.45) is 10.9 Å². The predicted molar refractivity (Wildman–Crippen MR) is 138 cm³/mol. The number of benzene rings is 2. The summed E-state index contributed by atoms with van der Waals surface area (Å²) in [5.41, 5.74) is 2.19. The number of thioether (sulfide) groups is 1. The van der Waals surface area contributed by atoms with E-state index in [0.29, 0.717) is 12.5 Å². The zero-order valence-corrected chi connectivity index (χ0v) is 20.9. The van der Waals surface area contributed by atoms with Crippen molar-refractivity contribution in [3.8, 4) is 5.69 Å². The minimum absolute atomic E-state index is 0. The SMILES string of the molecule is CCNC(=NCc1ccc(-n2cncn2)cc1)N1CCC(CSc2ccccc2)C1.I. The van der Waals surface area contributed by atoms with Crippen LogP contribution in [-0.4, -0.2) is 51.0 Å². The van der Waals surface area contributed by atoms with Gasteiger partial charge in [-0.1, -0.05) is 30.3 Å². The molecule has 2 heterocycles. The molecule has 1 fully saturated rings. The summed E-state index contributed by atoms with van der Waals surface area (Å²) in [6.07, 6.45) is 4.47. The number of rotatable bonds is 7. The van der Waals surface area contributed by atoms with Crippen molar-refractivity contribution in [3.63, 3.8) is 0 Å². The molecule has 0 bridgehead atoms. The number of hydrogen-bond donors (Lipinski definition) is 1. The van der Waals surface area contributed by atoms with Gasteiger partial charge in [0.1, 0.15) is 12.7 Å². The molecule has 1 aromatic heterocycles. The second-order valence-corrected chi connectivity index (χ2v) is 8.49. The Balaban J connectivity index is 0.00000272. The van der Waals surface area contributed by atoms with Gasteiger partial charge in [0.2, 0.25) is 0 Å².